The van der Waals surface area contributed by atoms with Crippen molar-refractivity contribution in [3.63, 3.8) is 0 Å². The minimum Gasteiger partial charge on any atom is -0.379 e. The van der Waals surface area contributed by atoms with E-state index in [1.165, 1.54) is 5.56 Å². The van der Waals surface area contributed by atoms with Crippen molar-refractivity contribution < 1.29 is 14.1 Å². The number of aryl methyl sites for hydroxylation is 1. The van der Waals surface area contributed by atoms with Crippen molar-refractivity contribution >= 4 is 11.8 Å². The zero-order valence-electron chi connectivity index (χ0n) is 12.5. The van der Waals surface area contributed by atoms with Gasteiger partial charge in [-0.1, -0.05) is 35.0 Å². The average Bonchev–Trinajstić information content (AvgIpc) is 2.97. The largest absolute Gasteiger partial charge is 0.379 e. The van der Waals surface area contributed by atoms with Gasteiger partial charge in [0.15, 0.2) is 0 Å². The molecule has 1 aliphatic heterocycles. The Kier molecular flexibility index (Phi) is 4.50. The maximum atomic E-state index is 12.0. The van der Waals surface area contributed by atoms with E-state index in [9.17, 15) is 4.79 Å². The van der Waals surface area contributed by atoms with Crippen LogP contribution in [-0.4, -0.2) is 48.8 Å². The van der Waals surface area contributed by atoms with E-state index in [-0.39, 0.29) is 5.91 Å². The normalized spacial score (nSPS) is 15.7. The van der Waals surface area contributed by atoms with Crippen LogP contribution >= 0.6 is 0 Å². The van der Waals surface area contributed by atoms with Crippen LogP contribution in [-0.2, 0) is 9.53 Å². The number of hydrogen-bond donors (Lipinski definition) is 1. The van der Waals surface area contributed by atoms with Gasteiger partial charge in [-0.3, -0.25) is 15.0 Å². The highest BCUT2D eigenvalue weighted by atomic mass is 16.5. The Morgan fingerprint density at radius 1 is 1.27 bits per heavy atom. The third-order valence-corrected chi connectivity index (χ3v) is 3.59. The van der Waals surface area contributed by atoms with Crippen molar-refractivity contribution in [1.82, 2.24) is 10.1 Å². The highest BCUT2D eigenvalue weighted by Gasteiger charge is 2.15. The summed E-state index contributed by atoms with van der Waals surface area (Å²) < 4.78 is 10.4. The van der Waals surface area contributed by atoms with E-state index in [1.807, 2.05) is 31.2 Å². The Morgan fingerprint density at radius 2 is 2.00 bits per heavy atom. The van der Waals surface area contributed by atoms with Crippen molar-refractivity contribution in [2.24, 2.45) is 0 Å². The Morgan fingerprint density at radius 3 is 2.73 bits per heavy atom. The van der Waals surface area contributed by atoms with Gasteiger partial charge in [0, 0.05) is 24.7 Å². The molecule has 1 aromatic heterocycles. The molecule has 1 N–H and O–H groups in total. The second-order valence-electron chi connectivity index (χ2n) is 5.38. The van der Waals surface area contributed by atoms with Crippen molar-refractivity contribution in [3.05, 3.63) is 35.9 Å². The van der Waals surface area contributed by atoms with Crippen LogP contribution in [0.2, 0.25) is 0 Å². The maximum absolute atomic E-state index is 12.0. The first-order valence-electron chi connectivity index (χ1n) is 7.34. The molecule has 1 fully saturated rings. The van der Waals surface area contributed by atoms with E-state index in [0.29, 0.717) is 31.3 Å². The van der Waals surface area contributed by atoms with E-state index in [0.717, 1.165) is 18.7 Å². The summed E-state index contributed by atoms with van der Waals surface area (Å²) >= 11 is 0. The third-order valence-electron chi connectivity index (χ3n) is 3.59. The van der Waals surface area contributed by atoms with Crippen LogP contribution in [0, 0.1) is 6.92 Å². The number of ether oxygens (including phenoxy) is 1. The van der Waals surface area contributed by atoms with Gasteiger partial charge < -0.3 is 9.26 Å². The van der Waals surface area contributed by atoms with Gasteiger partial charge in [-0.25, -0.2) is 0 Å². The van der Waals surface area contributed by atoms with Crippen molar-refractivity contribution in [2.75, 3.05) is 38.2 Å². The molecule has 22 heavy (non-hydrogen) atoms. The molecule has 2 heterocycles. The maximum Gasteiger partial charge on any atom is 0.240 e. The second kappa shape index (κ2) is 6.72. The van der Waals surface area contributed by atoms with E-state index in [1.54, 1.807) is 6.07 Å². The molecule has 1 aliphatic rings. The summed E-state index contributed by atoms with van der Waals surface area (Å²) in [7, 11) is 0. The summed E-state index contributed by atoms with van der Waals surface area (Å²) in [6, 6.07) is 9.72. The van der Waals surface area contributed by atoms with Crippen molar-refractivity contribution in [2.45, 2.75) is 6.92 Å². The lowest BCUT2D eigenvalue weighted by molar-refractivity contribution is -0.118. The van der Waals surface area contributed by atoms with E-state index in [2.05, 4.69) is 15.4 Å². The highest BCUT2D eigenvalue weighted by Crippen LogP contribution is 2.21. The summed E-state index contributed by atoms with van der Waals surface area (Å²) in [6.07, 6.45) is 0. The molecule has 3 rings (SSSR count). The third kappa shape index (κ3) is 3.72. The van der Waals surface area contributed by atoms with Crippen LogP contribution in [0.3, 0.4) is 0 Å². The first-order valence-corrected chi connectivity index (χ1v) is 7.34. The van der Waals surface area contributed by atoms with Gasteiger partial charge >= 0.3 is 0 Å². The van der Waals surface area contributed by atoms with Crippen LogP contribution in [0.1, 0.15) is 5.56 Å². The fourth-order valence-corrected chi connectivity index (χ4v) is 2.33. The molecule has 0 unspecified atom stereocenters. The number of amides is 1. The minimum atomic E-state index is -0.103. The molecule has 0 radical (unpaired) electrons. The number of hydrogen-bond acceptors (Lipinski definition) is 5. The molecule has 1 amide bonds. The van der Waals surface area contributed by atoms with E-state index < -0.39 is 0 Å². The molecule has 0 spiro atoms. The molecule has 1 saturated heterocycles. The van der Waals surface area contributed by atoms with Crippen LogP contribution < -0.4 is 5.32 Å². The number of morpholine rings is 1. The minimum absolute atomic E-state index is 0.103. The predicted molar refractivity (Wildman–Crippen MR) is 82.6 cm³/mol. The summed E-state index contributed by atoms with van der Waals surface area (Å²) in [5.41, 5.74) is 2.86. The van der Waals surface area contributed by atoms with Gasteiger partial charge in [-0.05, 0) is 6.92 Å². The zero-order valence-corrected chi connectivity index (χ0v) is 12.5. The van der Waals surface area contributed by atoms with Crippen LogP contribution in [0.15, 0.2) is 34.9 Å². The first-order chi connectivity index (χ1) is 10.7. The fraction of sp³-hybridized carbons (Fsp3) is 0.375. The number of anilines is 1. The molecule has 1 aromatic carbocycles. The lowest BCUT2D eigenvalue weighted by Crippen LogP contribution is -2.41. The summed E-state index contributed by atoms with van der Waals surface area (Å²) in [5, 5.41) is 6.73. The SMILES string of the molecule is Cc1ccc(-c2cc(NC(=O)CN3CCOCC3)on2)cc1. The number of nitrogens with zero attached hydrogens (tertiary/aromatic N) is 2. The second-order valence-corrected chi connectivity index (χ2v) is 5.38. The molecule has 6 nitrogen and oxygen atoms in total. The Labute approximate surface area is 129 Å². The molecule has 0 saturated carbocycles. The fourth-order valence-electron chi connectivity index (χ4n) is 2.33. The number of carbonyl (C=O) groups excluding carboxylic acids is 1. The molecule has 0 atom stereocenters. The van der Waals surface area contributed by atoms with Gasteiger partial charge in [0.2, 0.25) is 11.8 Å². The van der Waals surface area contributed by atoms with E-state index in [4.69, 9.17) is 9.26 Å². The lowest BCUT2D eigenvalue weighted by Gasteiger charge is -2.25. The number of rotatable bonds is 4. The number of carbonyl (C=O) groups is 1. The molecule has 6 heteroatoms. The topological polar surface area (TPSA) is 67.6 Å². The van der Waals surface area contributed by atoms with E-state index >= 15 is 0 Å². The van der Waals surface area contributed by atoms with Gasteiger partial charge in [-0.2, -0.15) is 0 Å². The zero-order chi connectivity index (χ0) is 15.4. The van der Waals surface area contributed by atoms with Crippen LogP contribution in [0.5, 0.6) is 0 Å². The molecule has 0 aliphatic carbocycles. The summed E-state index contributed by atoms with van der Waals surface area (Å²) in [4.78, 5) is 14.0. The standard InChI is InChI=1S/C16H19N3O3/c1-12-2-4-13(5-3-12)14-10-16(22-18-14)17-15(20)11-19-6-8-21-9-7-19/h2-5,10H,6-9,11H2,1H3,(H,17,20). The number of nitrogens with one attached hydrogen (secondary N) is 1. The van der Waals surface area contributed by atoms with Crippen molar-refractivity contribution in [3.8, 4) is 11.3 Å². The highest BCUT2D eigenvalue weighted by molar-refractivity contribution is 5.91. The molecular weight excluding hydrogens is 282 g/mol. The monoisotopic (exact) mass is 301 g/mol. The van der Waals surface area contributed by atoms with Gasteiger partial charge in [0.1, 0.15) is 5.69 Å². The molecular formula is C16H19N3O3. The van der Waals surface area contributed by atoms with Gasteiger partial charge in [0.05, 0.1) is 19.8 Å². The molecule has 0 bridgehead atoms. The molecule has 2 aromatic rings. The Balaban J connectivity index is 1.59. The predicted octanol–water partition coefficient (Wildman–Crippen LogP) is 1.92. The summed E-state index contributed by atoms with van der Waals surface area (Å²) in [6.45, 7) is 5.27. The van der Waals surface area contributed by atoms with Crippen LogP contribution in [0.25, 0.3) is 11.3 Å². The Hall–Kier alpha value is -2.18. The van der Waals surface area contributed by atoms with Gasteiger partial charge in [-0.15, -0.1) is 0 Å². The van der Waals surface area contributed by atoms with Crippen molar-refractivity contribution in [1.29, 1.82) is 0 Å². The number of benzene rings is 1. The lowest BCUT2D eigenvalue weighted by atomic mass is 10.1. The molecule has 116 valence electrons. The van der Waals surface area contributed by atoms with Crippen LogP contribution in [0.4, 0.5) is 5.88 Å². The average molecular weight is 301 g/mol. The number of aromatic nitrogens is 1. The summed E-state index contributed by atoms with van der Waals surface area (Å²) in [5.74, 6) is 0.266. The smallest absolute Gasteiger partial charge is 0.240 e. The van der Waals surface area contributed by atoms with Gasteiger partial charge in [0.25, 0.3) is 0 Å². The Bertz CT molecular complexity index is 630. The first kappa shape index (κ1) is 14.7. The quantitative estimate of drug-likeness (QED) is 0.934.